The topological polar surface area (TPSA) is 84.9 Å². The quantitative estimate of drug-likeness (QED) is 0.691. The van der Waals surface area contributed by atoms with Crippen LogP contribution in [0.15, 0.2) is 18.5 Å². The van der Waals surface area contributed by atoms with Gasteiger partial charge in [-0.05, 0) is 13.0 Å². The molecule has 1 aliphatic rings. The SMILES string of the molecule is CC1CN(C(=O)COC(=O)CN(C)c2ncccn2)CCO1. The molecule has 1 aromatic rings. The first-order valence-corrected chi connectivity index (χ1v) is 7.09. The summed E-state index contributed by atoms with van der Waals surface area (Å²) in [5.41, 5.74) is 0. The first-order chi connectivity index (χ1) is 10.6. The molecule has 2 heterocycles. The van der Waals surface area contributed by atoms with Gasteiger partial charge in [-0.1, -0.05) is 0 Å². The number of esters is 1. The number of likely N-dealkylation sites (N-methyl/N-ethyl adjacent to an activating group) is 1. The largest absolute Gasteiger partial charge is 0.454 e. The molecule has 0 bridgehead atoms. The Bertz CT molecular complexity index is 511. The number of amides is 1. The molecular formula is C14H20N4O4. The van der Waals surface area contributed by atoms with E-state index >= 15 is 0 Å². The van der Waals surface area contributed by atoms with Crippen LogP contribution in [0.5, 0.6) is 0 Å². The summed E-state index contributed by atoms with van der Waals surface area (Å²) in [5.74, 6) is -0.278. The smallest absolute Gasteiger partial charge is 0.326 e. The van der Waals surface area contributed by atoms with E-state index in [4.69, 9.17) is 9.47 Å². The minimum atomic E-state index is -0.496. The fraction of sp³-hybridized carbons (Fsp3) is 0.571. The van der Waals surface area contributed by atoms with Crippen molar-refractivity contribution in [1.82, 2.24) is 14.9 Å². The summed E-state index contributed by atoms with van der Waals surface area (Å²) in [7, 11) is 1.68. The van der Waals surface area contributed by atoms with Gasteiger partial charge < -0.3 is 19.3 Å². The van der Waals surface area contributed by atoms with Crippen molar-refractivity contribution in [3.05, 3.63) is 18.5 Å². The third kappa shape index (κ3) is 4.66. The van der Waals surface area contributed by atoms with Crippen LogP contribution in [0.2, 0.25) is 0 Å². The highest BCUT2D eigenvalue weighted by Crippen LogP contribution is 2.05. The molecule has 0 saturated carbocycles. The van der Waals surface area contributed by atoms with Crippen LogP contribution in [0, 0.1) is 0 Å². The molecule has 0 aromatic carbocycles. The molecule has 1 saturated heterocycles. The van der Waals surface area contributed by atoms with Gasteiger partial charge in [-0.3, -0.25) is 9.59 Å². The van der Waals surface area contributed by atoms with Crippen LogP contribution in [0.3, 0.4) is 0 Å². The molecule has 0 radical (unpaired) electrons. The lowest BCUT2D eigenvalue weighted by atomic mass is 10.3. The summed E-state index contributed by atoms with van der Waals surface area (Å²) in [4.78, 5) is 35.0. The Balaban J connectivity index is 1.74. The second-order valence-electron chi connectivity index (χ2n) is 5.09. The Morgan fingerprint density at radius 3 is 2.86 bits per heavy atom. The molecule has 0 aliphatic carbocycles. The minimum Gasteiger partial charge on any atom is -0.454 e. The van der Waals surface area contributed by atoms with E-state index in [1.807, 2.05) is 6.92 Å². The van der Waals surface area contributed by atoms with E-state index in [0.717, 1.165) is 0 Å². The summed E-state index contributed by atoms with van der Waals surface area (Å²) in [5, 5.41) is 0. The molecule has 1 amide bonds. The van der Waals surface area contributed by atoms with E-state index < -0.39 is 5.97 Å². The van der Waals surface area contributed by atoms with Gasteiger partial charge in [0.05, 0.1) is 12.7 Å². The molecule has 1 unspecified atom stereocenters. The number of ether oxygens (including phenoxy) is 2. The number of carbonyl (C=O) groups is 2. The van der Waals surface area contributed by atoms with Crippen molar-refractivity contribution in [3.63, 3.8) is 0 Å². The molecule has 1 aliphatic heterocycles. The van der Waals surface area contributed by atoms with Crippen molar-refractivity contribution >= 4 is 17.8 Å². The maximum absolute atomic E-state index is 12.0. The van der Waals surface area contributed by atoms with Gasteiger partial charge in [0.25, 0.3) is 5.91 Å². The molecule has 0 N–H and O–H groups in total. The van der Waals surface area contributed by atoms with Crippen molar-refractivity contribution in [2.24, 2.45) is 0 Å². The molecule has 0 spiro atoms. The van der Waals surface area contributed by atoms with Crippen LogP contribution in [0.25, 0.3) is 0 Å². The van der Waals surface area contributed by atoms with Gasteiger partial charge in [-0.2, -0.15) is 0 Å². The Hall–Kier alpha value is -2.22. The second kappa shape index (κ2) is 7.69. The monoisotopic (exact) mass is 308 g/mol. The third-order valence-electron chi connectivity index (χ3n) is 3.21. The standard InChI is InChI=1S/C14H20N4O4/c1-11-8-18(6-7-21-11)12(19)10-22-13(20)9-17(2)14-15-4-3-5-16-14/h3-5,11H,6-10H2,1-2H3. The first-order valence-electron chi connectivity index (χ1n) is 7.09. The normalized spacial score (nSPS) is 17.9. The van der Waals surface area contributed by atoms with Gasteiger partial charge in [0, 0.05) is 32.5 Å². The fourth-order valence-corrected chi connectivity index (χ4v) is 2.08. The lowest BCUT2D eigenvalue weighted by Crippen LogP contribution is -2.46. The molecule has 1 fully saturated rings. The zero-order chi connectivity index (χ0) is 15.9. The number of carbonyl (C=O) groups excluding carboxylic acids is 2. The van der Waals surface area contributed by atoms with Gasteiger partial charge in [0.15, 0.2) is 6.61 Å². The number of aromatic nitrogens is 2. The third-order valence-corrected chi connectivity index (χ3v) is 3.21. The van der Waals surface area contributed by atoms with Crippen LogP contribution < -0.4 is 4.90 Å². The van der Waals surface area contributed by atoms with E-state index in [-0.39, 0.29) is 25.2 Å². The van der Waals surface area contributed by atoms with Crippen LogP contribution in [-0.2, 0) is 19.1 Å². The van der Waals surface area contributed by atoms with Gasteiger partial charge in [-0.15, -0.1) is 0 Å². The first kappa shape index (κ1) is 16.2. The Morgan fingerprint density at radius 2 is 2.18 bits per heavy atom. The van der Waals surface area contributed by atoms with E-state index in [2.05, 4.69) is 9.97 Å². The fourth-order valence-electron chi connectivity index (χ4n) is 2.08. The van der Waals surface area contributed by atoms with Crippen molar-refractivity contribution < 1.29 is 19.1 Å². The van der Waals surface area contributed by atoms with Gasteiger partial charge in [0.2, 0.25) is 5.95 Å². The molecule has 1 atom stereocenters. The highest BCUT2D eigenvalue weighted by atomic mass is 16.5. The van der Waals surface area contributed by atoms with Crippen LogP contribution in [0.4, 0.5) is 5.95 Å². The lowest BCUT2D eigenvalue weighted by Gasteiger charge is -2.31. The maximum Gasteiger partial charge on any atom is 0.326 e. The van der Waals surface area contributed by atoms with Crippen molar-refractivity contribution in [1.29, 1.82) is 0 Å². The van der Waals surface area contributed by atoms with Gasteiger partial charge in [-0.25, -0.2) is 9.97 Å². The lowest BCUT2D eigenvalue weighted by molar-refractivity contribution is -0.153. The van der Waals surface area contributed by atoms with Gasteiger partial charge in [0.1, 0.15) is 6.54 Å². The average molecular weight is 308 g/mol. The van der Waals surface area contributed by atoms with Crippen LogP contribution in [-0.4, -0.2) is 72.7 Å². The summed E-state index contributed by atoms with van der Waals surface area (Å²) >= 11 is 0. The Labute approximate surface area is 129 Å². The highest BCUT2D eigenvalue weighted by molar-refractivity contribution is 5.82. The predicted molar refractivity (Wildman–Crippen MR) is 78.3 cm³/mol. The number of morpholine rings is 1. The highest BCUT2D eigenvalue weighted by Gasteiger charge is 2.22. The number of anilines is 1. The average Bonchev–Trinajstić information content (AvgIpc) is 2.53. The summed E-state index contributed by atoms with van der Waals surface area (Å²) in [6, 6.07) is 1.69. The predicted octanol–water partition coefficient (Wildman–Crippen LogP) is -0.297. The molecule has 22 heavy (non-hydrogen) atoms. The van der Waals surface area contributed by atoms with Crippen molar-refractivity contribution in [2.45, 2.75) is 13.0 Å². The van der Waals surface area contributed by atoms with E-state index in [0.29, 0.717) is 25.6 Å². The number of hydrogen-bond donors (Lipinski definition) is 0. The summed E-state index contributed by atoms with van der Waals surface area (Å²) < 4.78 is 10.4. The van der Waals surface area contributed by atoms with Crippen molar-refractivity contribution in [2.75, 3.05) is 44.8 Å². The van der Waals surface area contributed by atoms with E-state index in [1.54, 1.807) is 35.3 Å². The molecule has 2 rings (SSSR count). The minimum absolute atomic E-state index is 0.00904. The van der Waals surface area contributed by atoms with Crippen LogP contribution >= 0.6 is 0 Å². The molecule has 1 aromatic heterocycles. The molecular weight excluding hydrogens is 288 g/mol. The Morgan fingerprint density at radius 1 is 1.45 bits per heavy atom. The zero-order valence-electron chi connectivity index (χ0n) is 12.8. The number of rotatable bonds is 5. The molecule has 8 nitrogen and oxygen atoms in total. The number of nitrogens with zero attached hydrogens (tertiary/aromatic N) is 4. The van der Waals surface area contributed by atoms with E-state index in [1.165, 1.54) is 0 Å². The van der Waals surface area contributed by atoms with Crippen molar-refractivity contribution in [3.8, 4) is 0 Å². The Kier molecular flexibility index (Phi) is 5.65. The van der Waals surface area contributed by atoms with Gasteiger partial charge >= 0.3 is 5.97 Å². The maximum atomic E-state index is 12.0. The summed E-state index contributed by atoms with van der Waals surface area (Å²) in [6.45, 7) is 3.19. The van der Waals surface area contributed by atoms with E-state index in [9.17, 15) is 9.59 Å². The zero-order valence-corrected chi connectivity index (χ0v) is 12.8. The molecule has 120 valence electrons. The number of hydrogen-bond acceptors (Lipinski definition) is 7. The second-order valence-corrected chi connectivity index (χ2v) is 5.09. The molecule has 8 heteroatoms. The summed E-state index contributed by atoms with van der Waals surface area (Å²) in [6.07, 6.45) is 3.19. The van der Waals surface area contributed by atoms with Crippen LogP contribution in [0.1, 0.15) is 6.92 Å².